The summed E-state index contributed by atoms with van der Waals surface area (Å²) in [6.07, 6.45) is -0.452. The highest BCUT2D eigenvalue weighted by Gasteiger charge is 2.03. The number of aliphatic hydroxyl groups excluding tert-OH is 1. The summed E-state index contributed by atoms with van der Waals surface area (Å²) in [5, 5.41) is 17.4. The molecular weight excluding hydrogens is 146 g/mol. The molecule has 0 radical (unpaired) electrons. The molecule has 1 unspecified atom stereocenters. The molecule has 0 bridgehead atoms. The molecule has 52 valence electrons. The highest BCUT2D eigenvalue weighted by atomic mass is 32.1. The second-order valence-corrected chi connectivity index (χ2v) is 3.11. The van der Waals surface area contributed by atoms with E-state index < -0.39 is 6.10 Å². The predicted octanol–water partition coefficient (Wildman–Crippen LogP) is 1.67. The molecule has 2 nitrogen and oxygen atoms in total. The molecule has 0 spiro atoms. The molecule has 0 fully saturated rings. The average molecular weight is 153 g/mol. The van der Waals surface area contributed by atoms with E-state index >= 15 is 0 Å². The molecule has 1 aromatic rings. The van der Waals surface area contributed by atoms with Gasteiger partial charge in [-0.1, -0.05) is 0 Å². The fraction of sp³-hybridized carbons (Fsp3) is 0.286. The molecule has 10 heavy (non-hydrogen) atoms. The Balaban J connectivity index is 2.91. The van der Waals surface area contributed by atoms with Crippen molar-refractivity contribution >= 4 is 11.3 Å². The van der Waals surface area contributed by atoms with Crippen molar-refractivity contribution in [3.8, 4) is 6.07 Å². The van der Waals surface area contributed by atoms with E-state index in [1.165, 1.54) is 11.3 Å². The first-order valence-corrected chi connectivity index (χ1v) is 3.73. The fourth-order valence-electron chi connectivity index (χ4n) is 0.637. The Morgan fingerprint density at radius 3 is 2.70 bits per heavy atom. The number of thiophene rings is 1. The Kier molecular flexibility index (Phi) is 2.05. The van der Waals surface area contributed by atoms with E-state index in [2.05, 4.69) is 0 Å². The minimum Gasteiger partial charge on any atom is -0.388 e. The molecule has 0 aliphatic heterocycles. The van der Waals surface area contributed by atoms with Crippen molar-refractivity contribution in [1.82, 2.24) is 0 Å². The van der Waals surface area contributed by atoms with Crippen LogP contribution in [0.4, 0.5) is 0 Å². The van der Waals surface area contributed by atoms with Crippen LogP contribution < -0.4 is 0 Å². The van der Waals surface area contributed by atoms with Gasteiger partial charge >= 0.3 is 0 Å². The van der Waals surface area contributed by atoms with Gasteiger partial charge in [-0.25, -0.2) is 0 Å². The molecule has 1 N–H and O–H groups in total. The minimum atomic E-state index is -0.452. The lowest BCUT2D eigenvalue weighted by Crippen LogP contribution is -1.83. The van der Waals surface area contributed by atoms with Gasteiger partial charge in [0.15, 0.2) is 0 Å². The molecule has 0 aromatic carbocycles. The lowest BCUT2D eigenvalue weighted by Gasteiger charge is -1.95. The Hall–Kier alpha value is -0.850. The van der Waals surface area contributed by atoms with Crippen LogP contribution in [0.15, 0.2) is 12.1 Å². The average Bonchev–Trinajstić information content (AvgIpc) is 2.34. The van der Waals surface area contributed by atoms with Crippen molar-refractivity contribution in [2.24, 2.45) is 0 Å². The third-order valence-corrected chi connectivity index (χ3v) is 2.31. The zero-order valence-electron chi connectivity index (χ0n) is 5.53. The summed E-state index contributed by atoms with van der Waals surface area (Å²) in [5.74, 6) is 0. The molecule has 1 atom stereocenters. The highest BCUT2D eigenvalue weighted by molar-refractivity contribution is 7.12. The number of nitriles is 1. The van der Waals surface area contributed by atoms with Crippen LogP contribution in [0.3, 0.4) is 0 Å². The maximum atomic E-state index is 9.03. The van der Waals surface area contributed by atoms with Gasteiger partial charge in [-0.3, -0.25) is 0 Å². The Bertz CT molecular complexity index is 259. The highest BCUT2D eigenvalue weighted by Crippen LogP contribution is 2.21. The van der Waals surface area contributed by atoms with Crippen molar-refractivity contribution in [3.63, 3.8) is 0 Å². The summed E-state index contributed by atoms with van der Waals surface area (Å²) < 4.78 is 0. The van der Waals surface area contributed by atoms with Crippen LogP contribution in [-0.2, 0) is 0 Å². The van der Waals surface area contributed by atoms with Crippen molar-refractivity contribution in [2.45, 2.75) is 13.0 Å². The van der Waals surface area contributed by atoms with Gasteiger partial charge in [0.25, 0.3) is 0 Å². The topological polar surface area (TPSA) is 44.0 Å². The van der Waals surface area contributed by atoms with Crippen LogP contribution in [0.1, 0.15) is 22.8 Å². The van der Waals surface area contributed by atoms with E-state index in [9.17, 15) is 0 Å². The van der Waals surface area contributed by atoms with E-state index in [0.29, 0.717) is 4.88 Å². The van der Waals surface area contributed by atoms with E-state index in [0.717, 1.165) is 4.88 Å². The van der Waals surface area contributed by atoms with Crippen molar-refractivity contribution < 1.29 is 5.11 Å². The molecule has 0 saturated heterocycles. The molecule has 0 saturated carbocycles. The van der Waals surface area contributed by atoms with Gasteiger partial charge in [0, 0.05) is 4.88 Å². The van der Waals surface area contributed by atoms with Crippen LogP contribution in [0.5, 0.6) is 0 Å². The van der Waals surface area contributed by atoms with E-state index in [-0.39, 0.29) is 0 Å². The minimum absolute atomic E-state index is 0.452. The third-order valence-electron chi connectivity index (χ3n) is 1.15. The molecule has 1 aromatic heterocycles. The van der Waals surface area contributed by atoms with E-state index in [1.807, 2.05) is 6.07 Å². The third kappa shape index (κ3) is 1.35. The molecule has 1 rings (SSSR count). The Morgan fingerprint density at radius 1 is 1.70 bits per heavy atom. The van der Waals surface area contributed by atoms with Gasteiger partial charge in [0.1, 0.15) is 10.9 Å². The van der Waals surface area contributed by atoms with Crippen LogP contribution >= 0.6 is 11.3 Å². The van der Waals surface area contributed by atoms with E-state index in [1.54, 1.807) is 19.1 Å². The number of nitrogens with zero attached hydrogens (tertiary/aromatic N) is 1. The summed E-state index contributed by atoms with van der Waals surface area (Å²) in [7, 11) is 0. The summed E-state index contributed by atoms with van der Waals surface area (Å²) in [6.45, 7) is 1.69. The number of hydrogen-bond acceptors (Lipinski definition) is 3. The van der Waals surface area contributed by atoms with Gasteiger partial charge < -0.3 is 5.11 Å². The summed E-state index contributed by atoms with van der Waals surface area (Å²) in [5.41, 5.74) is 0. The molecule has 1 heterocycles. The van der Waals surface area contributed by atoms with Gasteiger partial charge in [-0.2, -0.15) is 5.26 Å². The smallest absolute Gasteiger partial charge is 0.110 e. The van der Waals surface area contributed by atoms with Gasteiger partial charge in [0.2, 0.25) is 0 Å². The molecule has 3 heteroatoms. The molecule has 0 aliphatic carbocycles. The lowest BCUT2D eigenvalue weighted by molar-refractivity contribution is 0.203. The first-order valence-electron chi connectivity index (χ1n) is 2.92. The SMILES string of the molecule is CC(O)c1ccc(C#N)s1. The maximum Gasteiger partial charge on any atom is 0.110 e. The fourth-order valence-corrected chi connectivity index (χ4v) is 1.38. The Labute approximate surface area is 63.4 Å². The van der Waals surface area contributed by atoms with Gasteiger partial charge in [-0.05, 0) is 19.1 Å². The van der Waals surface area contributed by atoms with E-state index in [4.69, 9.17) is 10.4 Å². The van der Waals surface area contributed by atoms with Crippen molar-refractivity contribution in [3.05, 3.63) is 21.9 Å². The second-order valence-electron chi connectivity index (χ2n) is 1.99. The normalized spacial score (nSPS) is 12.5. The first-order chi connectivity index (χ1) is 4.74. The zero-order valence-corrected chi connectivity index (χ0v) is 6.35. The van der Waals surface area contributed by atoms with Crippen molar-refractivity contribution in [2.75, 3.05) is 0 Å². The van der Waals surface area contributed by atoms with Gasteiger partial charge in [-0.15, -0.1) is 11.3 Å². The Morgan fingerprint density at radius 2 is 2.40 bits per heavy atom. The largest absolute Gasteiger partial charge is 0.388 e. The van der Waals surface area contributed by atoms with Crippen molar-refractivity contribution in [1.29, 1.82) is 5.26 Å². The molecule has 0 aliphatic rings. The number of hydrogen-bond donors (Lipinski definition) is 1. The monoisotopic (exact) mass is 153 g/mol. The van der Waals surface area contributed by atoms with Crippen LogP contribution in [-0.4, -0.2) is 5.11 Å². The maximum absolute atomic E-state index is 9.03. The number of rotatable bonds is 1. The second kappa shape index (κ2) is 2.82. The van der Waals surface area contributed by atoms with Gasteiger partial charge in [0.05, 0.1) is 6.10 Å². The lowest BCUT2D eigenvalue weighted by atomic mass is 10.3. The van der Waals surface area contributed by atoms with Crippen LogP contribution in [0, 0.1) is 11.3 Å². The summed E-state index contributed by atoms with van der Waals surface area (Å²) in [6, 6.07) is 5.50. The zero-order chi connectivity index (χ0) is 7.56. The summed E-state index contributed by atoms with van der Waals surface area (Å²) in [4.78, 5) is 1.49. The quantitative estimate of drug-likeness (QED) is 0.667. The van der Waals surface area contributed by atoms with Crippen LogP contribution in [0.2, 0.25) is 0 Å². The standard InChI is InChI=1S/C7H7NOS/c1-5(9)7-3-2-6(4-8)10-7/h2-3,5,9H,1H3. The molecule has 0 amide bonds. The number of aliphatic hydroxyl groups is 1. The predicted molar refractivity (Wildman–Crippen MR) is 39.7 cm³/mol. The molecular formula is C7H7NOS. The summed E-state index contributed by atoms with van der Waals surface area (Å²) >= 11 is 1.33. The van der Waals surface area contributed by atoms with Crippen LogP contribution in [0.25, 0.3) is 0 Å². The first kappa shape index (κ1) is 7.26.